The first-order chi connectivity index (χ1) is 9.59. The van der Waals surface area contributed by atoms with Gasteiger partial charge in [0.05, 0.1) is 0 Å². The van der Waals surface area contributed by atoms with Gasteiger partial charge < -0.3 is 10.2 Å². The zero-order valence-corrected chi connectivity index (χ0v) is 13.6. The molecule has 0 fully saturated rings. The highest BCUT2D eigenvalue weighted by Crippen LogP contribution is 2.05. The second-order valence-electron chi connectivity index (χ2n) is 6.14. The molecule has 3 nitrogen and oxygen atoms in total. The van der Waals surface area contributed by atoms with Crippen molar-refractivity contribution < 1.29 is 0 Å². The van der Waals surface area contributed by atoms with Gasteiger partial charge in [-0.2, -0.15) is 0 Å². The number of hydrogen-bond acceptors (Lipinski definition) is 3. The molecule has 1 rings (SSSR count). The fourth-order valence-electron chi connectivity index (χ4n) is 2.19. The minimum atomic E-state index is 0.638. The maximum atomic E-state index is 4.38. The van der Waals surface area contributed by atoms with Gasteiger partial charge in [0.25, 0.3) is 0 Å². The van der Waals surface area contributed by atoms with Crippen LogP contribution in [0.4, 0.5) is 0 Å². The number of hydrogen-bond donors (Lipinski definition) is 1. The van der Waals surface area contributed by atoms with Gasteiger partial charge in [0.1, 0.15) is 0 Å². The molecule has 1 N–H and O–H groups in total. The summed E-state index contributed by atoms with van der Waals surface area (Å²) in [6.07, 6.45) is 5.41. The molecule has 0 aliphatic carbocycles. The van der Waals surface area contributed by atoms with E-state index < -0.39 is 0 Å². The molecule has 0 aromatic carbocycles. The Kier molecular flexibility index (Phi) is 8.47. The highest BCUT2D eigenvalue weighted by Gasteiger charge is 2.08. The van der Waals surface area contributed by atoms with Crippen LogP contribution in [0.15, 0.2) is 24.4 Å². The lowest BCUT2D eigenvalue weighted by atomic mass is 10.1. The van der Waals surface area contributed by atoms with Crippen molar-refractivity contribution in [3.63, 3.8) is 0 Å². The smallest absolute Gasteiger partial charge is 0.0416 e. The third kappa shape index (κ3) is 7.61. The standard InChI is InChI=1S/C17H31N3/c1-15(2)14-18-11-7-8-16(3)20(4)13-10-17-9-5-6-12-19-17/h5-6,9,12,15-16,18H,7-8,10-11,13-14H2,1-4H3. The summed E-state index contributed by atoms with van der Waals surface area (Å²) in [5, 5.41) is 3.51. The number of nitrogens with one attached hydrogen (secondary N) is 1. The Morgan fingerprint density at radius 2 is 2.05 bits per heavy atom. The van der Waals surface area contributed by atoms with Crippen LogP contribution in [0.1, 0.15) is 39.3 Å². The van der Waals surface area contributed by atoms with Gasteiger partial charge in [0.2, 0.25) is 0 Å². The van der Waals surface area contributed by atoms with Crippen LogP contribution in [-0.2, 0) is 6.42 Å². The van der Waals surface area contributed by atoms with Gasteiger partial charge in [0, 0.05) is 30.9 Å². The molecular weight excluding hydrogens is 246 g/mol. The second kappa shape index (κ2) is 9.89. The van der Waals surface area contributed by atoms with E-state index in [0.717, 1.165) is 32.0 Å². The third-order valence-electron chi connectivity index (χ3n) is 3.73. The Bertz CT molecular complexity index is 337. The summed E-state index contributed by atoms with van der Waals surface area (Å²) in [5.41, 5.74) is 1.19. The van der Waals surface area contributed by atoms with E-state index >= 15 is 0 Å². The predicted octanol–water partition coefficient (Wildman–Crippen LogP) is 2.97. The highest BCUT2D eigenvalue weighted by atomic mass is 15.1. The molecule has 0 amide bonds. The first kappa shape index (κ1) is 17.1. The molecule has 1 heterocycles. The van der Waals surface area contributed by atoms with Crippen LogP contribution in [0.5, 0.6) is 0 Å². The Morgan fingerprint density at radius 3 is 2.70 bits per heavy atom. The largest absolute Gasteiger partial charge is 0.316 e. The van der Waals surface area contributed by atoms with E-state index in [1.165, 1.54) is 18.5 Å². The average Bonchev–Trinajstić information content (AvgIpc) is 2.45. The van der Waals surface area contributed by atoms with Crippen molar-refractivity contribution in [1.29, 1.82) is 0 Å². The minimum absolute atomic E-state index is 0.638. The summed E-state index contributed by atoms with van der Waals surface area (Å²) in [5.74, 6) is 0.744. The lowest BCUT2D eigenvalue weighted by Gasteiger charge is -2.24. The van der Waals surface area contributed by atoms with E-state index in [0.29, 0.717) is 6.04 Å². The van der Waals surface area contributed by atoms with Gasteiger partial charge in [-0.25, -0.2) is 0 Å². The van der Waals surface area contributed by atoms with E-state index in [1.807, 2.05) is 12.3 Å². The van der Waals surface area contributed by atoms with E-state index in [4.69, 9.17) is 0 Å². The summed E-state index contributed by atoms with van der Waals surface area (Å²) in [6, 6.07) is 6.78. The molecule has 1 unspecified atom stereocenters. The minimum Gasteiger partial charge on any atom is -0.316 e. The fourth-order valence-corrected chi connectivity index (χ4v) is 2.19. The van der Waals surface area contributed by atoms with Crippen LogP contribution in [0.3, 0.4) is 0 Å². The average molecular weight is 277 g/mol. The molecule has 0 aliphatic rings. The van der Waals surface area contributed by atoms with Gasteiger partial charge in [-0.15, -0.1) is 0 Å². The van der Waals surface area contributed by atoms with E-state index in [1.54, 1.807) is 0 Å². The molecule has 20 heavy (non-hydrogen) atoms. The Balaban J connectivity index is 2.11. The summed E-state index contributed by atoms with van der Waals surface area (Å²) >= 11 is 0. The van der Waals surface area contributed by atoms with E-state index in [9.17, 15) is 0 Å². The summed E-state index contributed by atoms with van der Waals surface area (Å²) in [7, 11) is 2.22. The lowest BCUT2D eigenvalue weighted by Crippen LogP contribution is -2.32. The van der Waals surface area contributed by atoms with Crippen LogP contribution in [0.2, 0.25) is 0 Å². The van der Waals surface area contributed by atoms with Crippen molar-refractivity contribution in [2.24, 2.45) is 5.92 Å². The van der Waals surface area contributed by atoms with Gasteiger partial charge in [-0.1, -0.05) is 19.9 Å². The van der Waals surface area contributed by atoms with Crippen molar-refractivity contribution >= 4 is 0 Å². The first-order valence-corrected chi connectivity index (χ1v) is 7.90. The van der Waals surface area contributed by atoms with Crippen LogP contribution >= 0.6 is 0 Å². The van der Waals surface area contributed by atoms with Gasteiger partial charge in [-0.3, -0.25) is 4.98 Å². The molecule has 1 aromatic heterocycles. The molecule has 0 radical (unpaired) electrons. The molecule has 114 valence electrons. The zero-order valence-electron chi connectivity index (χ0n) is 13.6. The molecule has 0 saturated heterocycles. The topological polar surface area (TPSA) is 28.2 Å². The number of rotatable bonds is 10. The summed E-state index contributed by atoms with van der Waals surface area (Å²) < 4.78 is 0. The highest BCUT2D eigenvalue weighted by molar-refractivity contribution is 5.03. The first-order valence-electron chi connectivity index (χ1n) is 7.90. The fraction of sp³-hybridized carbons (Fsp3) is 0.706. The molecular formula is C17H31N3. The Labute approximate surface area is 124 Å². The summed E-state index contributed by atoms with van der Waals surface area (Å²) in [6.45, 7) is 10.2. The normalized spacial score (nSPS) is 13.1. The van der Waals surface area contributed by atoms with Crippen molar-refractivity contribution in [1.82, 2.24) is 15.2 Å². The molecule has 3 heteroatoms. The zero-order chi connectivity index (χ0) is 14.8. The SMILES string of the molecule is CC(C)CNCCCC(C)N(C)CCc1ccccn1. The van der Waals surface area contributed by atoms with Gasteiger partial charge in [-0.05, 0) is 58.0 Å². The maximum Gasteiger partial charge on any atom is 0.0416 e. The molecule has 0 bridgehead atoms. The van der Waals surface area contributed by atoms with Gasteiger partial charge in [0.15, 0.2) is 0 Å². The summed E-state index contributed by atoms with van der Waals surface area (Å²) in [4.78, 5) is 6.82. The van der Waals surface area contributed by atoms with Crippen molar-refractivity contribution in [3.8, 4) is 0 Å². The quantitative estimate of drug-likeness (QED) is 0.666. The molecule has 1 aromatic rings. The number of likely N-dealkylation sites (N-methyl/N-ethyl adjacent to an activating group) is 1. The van der Waals surface area contributed by atoms with Crippen LogP contribution < -0.4 is 5.32 Å². The van der Waals surface area contributed by atoms with Crippen LogP contribution in [0, 0.1) is 5.92 Å². The van der Waals surface area contributed by atoms with E-state index in [-0.39, 0.29) is 0 Å². The number of pyridine rings is 1. The van der Waals surface area contributed by atoms with Crippen molar-refractivity contribution in [2.45, 2.75) is 46.1 Å². The Morgan fingerprint density at radius 1 is 1.25 bits per heavy atom. The van der Waals surface area contributed by atoms with Crippen molar-refractivity contribution in [3.05, 3.63) is 30.1 Å². The Hall–Kier alpha value is -0.930. The van der Waals surface area contributed by atoms with Crippen LogP contribution in [-0.4, -0.2) is 42.6 Å². The maximum absolute atomic E-state index is 4.38. The molecule has 1 atom stereocenters. The number of nitrogens with zero attached hydrogens (tertiary/aromatic N) is 2. The molecule has 0 spiro atoms. The lowest BCUT2D eigenvalue weighted by molar-refractivity contribution is 0.244. The predicted molar refractivity (Wildman–Crippen MR) is 87.0 cm³/mol. The second-order valence-corrected chi connectivity index (χ2v) is 6.14. The molecule has 0 aliphatic heterocycles. The molecule has 0 saturated carbocycles. The monoisotopic (exact) mass is 277 g/mol. The van der Waals surface area contributed by atoms with Gasteiger partial charge >= 0.3 is 0 Å². The van der Waals surface area contributed by atoms with Crippen LogP contribution in [0.25, 0.3) is 0 Å². The van der Waals surface area contributed by atoms with Crippen molar-refractivity contribution in [2.75, 3.05) is 26.7 Å². The third-order valence-corrected chi connectivity index (χ3v) is 3.73. The number of aromatic nitrogens is 1. The van der Waals surface area contributed by atoms with E-state index in [2.05, 4.69) is 55.2 Å².